The van der Waals surface area contributed by atoms with Crippen LogP contribution in [0.4, 0.5) is 0 Å². The van der Waals surface area contributed by atoms with Crippen molar-refractivity contribution in [3.05, 3.63) is 0 Å². The van der Waals surface area contributed by atoms with Crippen molar-refractivity contribution in [1.82, 2.24) is 5.32 Å². The van der Waals surface area contributed by atoms with Crippen LogP contribution in [0.15, 0.2) is 0 Å². The van der Waals surface area contributed by atoms with Crippen molar-refractivity contribution >= 4 is 17.8 Å². The van der Waals surface area contributed by atoms with Gasteiger partial charge in [-0.1, -0.05) is 0 Å². The minimum atomic E-state index is -1.33. The molecule has 0 aliphatic rings. The van der Waals surface area contributed by atoms with Gasteiger partial charge in [-0.05, 0) is 13.8 Å². The highest BCUT2D eigenvalue weighted by Gasteiger charge is 2.28. The Morgan fingerprint density at radius 3 is 2.20 bits per heavy atom. The van der Waals surface area contributed by atoms with Gasteiger partial charge in [-0.25, -0.2) is 4.79 Å². The number of ether oxygens (including phenoxy) is 1. The summed E-state index contributed by atoms with van der Waals surface area (Å²) in [6.45, 7) is 2.73. The van der Waals surface area contributed by atoms with E-state index in [0.717, 1.165) is 0 Å². The van der Waals surface area contributed by atoms with Gasteiger partial charge in [0, 0.05) is 6.42 Å². The lowest BCUT2D eigenvalue weighted by Gasteiger charge is -2.20. The van der Waals surface area contributed by atoms with Crippen molar-refractivity contribution in [2.75, 3.05) is 7.11 Å². The van der Waals surface area contributed by atoms with Gasteiger partial charge in [-0.3, -0.25) is 9.59 Å². The molecule has 0 aliphatic carbocycles. The smallest absolute Gasteiger partial charge is 0.328 e. The molecule has 0 fully saturated rings. The molecular weight excluding hydrogens is 202 g/mol. The Balaban J connectivity index is 4.04. The van der Waals surface area contributed by atoms with E-state index < -0.39 is 23.4 Å². The van der Waals surface area contributed by atoms with Gasteiger partial charge in [0.15, 0.2) is 0 Å². The predicted octanol–water partition coefficient (Wildman–Crippen LogP) is -0.0810. The first-order chi connectivity index (χ1) is 6.79. The Morgan fingerprint density at radius 2 is 1.80 bits per heavy atom. The number of nitrogens with one attached hydrogen (secondary N) is 1. The van der Waals surface area contributed by atoms with Crippen LogP contribution in [0.25, 0.3) is 0 Å². The Hall–Kier alpha value is -1.59. The molecular formula is C9H15NO5. The van der Waals surface area contributed by atoms with Crippen molar-refractivity contribution in [3.8, 4) is 0 Å². The number of hydrogen-bond donors (Lipinski definition) is 2. The summed E-state index contributed by atoms with van der Waals surface area (Å²) in [6.07, 6.45) is -0.137. The van der Waals surface area contributed by atoms with Crippen molar-refractivity contribution in [3.63, 3.8) is 0 Å². The number of carboxylic acids is 1. The molecule has 0 bridgehead atoms. The zero-order chi connectivity index (χ0) is 12.1. The molecule has 0 aromatic carbocycles. The number of methoxy groups -OCH3 is 1. The number of esters is 1. The molecule has 0 aliphatic heterocycles. The van der Waals surface area contributed by atoms with Crippen molar-refractivity contribution < 1.29 is 24.2 Å². The molecule has 0 aromatic rings. The first-order valence-corrected chi connectivity index (χ1v) is 4.41. The fourth-order valence-electron chi connectivity index (χ4n) is 0.782. The third-order valence-corrected chi connectivity index (χ3v) is 1.77. The lowest BCUT2D eigenvalue weighted by Crippen LogP contribution is -2.49. The van der Waals surface area contributed by atoms with Gasteiger partial charge >= 0.3 is 11.9 Å². The van der Waals surface area contributed by atoms with E-state index in [-0.39, 0.29) is 12.8 Å². The number of hydrogen-bond acceptors (Lipinski definition) is 4. The van der Waals surface area contributed by atoms with Crippen LogP contribution in [-0.2, 0) is 19.1 Å². The summed E-state index contributed by atoms with van der Waals surface area (Å²) in [4.78, 5) is 32.5. The normalized spacial score (nSPS) is 10.6. The first-order valence-electron chi connectivity index (χ1n) is 4.41. The summed E-state index contributed by atoms with van der Waals surface area (Å²) < 4.78 is 4.34. The van der Waals surface area contributed by atoms with Crippen LogP contribution in [0.3, 0.4) is 0 Å². The number of carboxylic acid groups (broad SMARTS) is 1. The Kier molecular flexibility index (Phi) is 4.77. The summed E-state index contributed by atoms with van der Waals surface area (Å²) in [5, 5.41) is 11.0. The standard InChI is InChI=1S/C9H15NO5/c1-9(2,8(13)14)10-6(11)4-5-7(12)15-3/h4-5H2,1-3H3,(H,10,11)(H,13,14). The molecule has 1 amide bonds. The Morgan fingerprint density at radius 1 is 1.27 bits per heavy atom. The zero-order valence-corrected chi connectivity index (χ0v) is 8.99. The molecule has 6 heteroatoms. The molecule has 0 saturated carbocycles. The van der Waals surface area contributed by atoms with Gasteiger partial charge in [-0.2, -0.15) is 0 Å². The van der Waals surface area contributed by atoms with E-state index in [1.807, 2.05) is 0 Å². The van der Waals surface area contributed by atoms with E-state index in [9.17, 15) is 14.4 Å². The topological polar surface area (TPSA) is 92.7 Å². The summed E-state index contributed by atoms with van der Waals surface area (Å²) in [6, 6.07) is 0. The molecule has 0 aromatic heterocycles. The minimum absolute atomic E-state index is 0.0575. The fraction of sp³-hybridized carbons (Fsp3) is 0.667. The van der Waals surface area contributed by atoms with Crippen LogP contribution in [-0.4, -0.2) is 35.6 Å². The number of carbonyl (C=O) groups excluding carboxylic acids is 2. The van der Waals surface area contributed by atoms with Crippen LogP contribution in [0.2, 0.25) is 0 Å². The number of amides is 1. The lowest BCUT2D eigenvalue weighted by atomic mass is 10.1. The predicted molar refractivity (Wildman–Crippen MR) is 51.1 cm³/mol. The molecule has 0 saturated heterocycles. The first kappa shape index (κ1) is 13.4. The molecule has 15 heavy (non-hydrogen) atoms. The van der Waals surface area contributed by atoms with Gasteiger partial charge in [0.25, 0.3) is 0 Å². The highest BCUT2D eigenvalue weighted by Crippen LogP contribution is 2.03. The van der Waals surface area contributed by atoms with Crippen molar-refractivity contribution in [2.24, 2.45) is 0 Å². The average molecular weight is 217 g/mol. The monoisotopic (exact) mass is 217 g/mol. The molecule has 0 spiro atoms. The lowest BCUT2D eigenvalue weighted by molar-refractivity contribution is -0.146. The minimum Gasteiger partial charge on any atom is -0.480 e. The fourth-order valence-corrected chi connectivity index (χ4v) is 0.782. The number of rotatable bonds is 5. The van der Waals surface area contributed by atoms with Crippen molar-refractivity contribution in [2.45, 2.75) is 32.2 Å². The maximum Gasteiger partial charge on any atom is 0.328 e. The molecule has 0 radical (unpaired) electrons. The average Bonchev–Trinajstić information content (AvgIpc) is 2.13. The summed E-state index contributed by atoms with van der Waals surface area (Å²) >= 11 is 0. The molecule has 0 unspecified atom stereocenters. The Labute approximate surface area is 87.6 Å². The van der Waals surface area contributed by atoms with E-state index in [4.69, 9.17) is 5.11 Å². The van der Waals surface area contributed by atoms with Crippen LogP contribution in [0.5, 0.6) is 0 Å². The number of aliphatic carboxylic acids is 1. The molecule has 0 heterocycles. The van der Waals surface area contributed by atoms with Gasteiger partial charge < -0.3 is 15.2 Å². The maximum atomic E-state index is 11.2. The highest BCUT2D eigenvalue weighted by atomic mass is 16.5. The quantitative estimate of drug-likeness (QED) is 0.628. The molecule has 2 N–H and O–H groups in total. The van der Waals surface area contributed by atoms with Gasteiger partial charge in [0.2, 0.25) is 5.91 Å². The van der Waals surface area contributed by atoms with Crippen LogP contribution >= 0.6 is 0 Å². The van der Waals surface area contributed by atoms with Gasteiger partial charge in [0.05, 0.1) is 13.5 Å². The van der Waals surface area contributed by atoms with Crippen LogP contribution in [0.1, 0.15) is 26.7 Å². The molecule has 0 atom stereocenters. The third kappa shape index (κ3) is 4.99. The van der Waals surface area contributed by atoms with E-state index in [1.54, 1.807) is 0 Å². The van der Waals surface area contributed by atoms with Gasteiger partial charge in [-0.15, -0.1) is 0 Å². The van der Waals surface area contributed by atoms with Crippen molar-refractivity contribution in [1.29, 1.82) is 0 Å². The summed E-state index contributed by atoms with van der Waals surface area (Å²) in [5.74, 6) is -2.13. The highest BCUT2D eigenvalue weighted by molar-refractivity contribution is 5.87. The Bertz CT molecular complexity index is 272. The molecule has 0 rings (SSSR count). The second kappa shape index (κ2) is 5.33. The SMILES string of the molecule is COC(=O)CCC(=O)NC(C)(C)C(=O)O. The van der Waals surface area contributed by atoms with E-state index >= 15 is 0 Å². The van der Waals surface area contributed by atoms with Crippen LogP contribution in [0, 0.1) is 0 Å². The zero-order valence-electron chi connectivity index (χ0n) is 8.99. The largest absolute Gasteiger partial charge is 0.480 e. The van der Waals surface area contributed by atoms with E-state index in [1.165, 1.54) is 21.0 Å². The molecule has 6 nitrogen and oxygen atoms in total. The summed E-state index contributed by atoms with van der Waals surface area (Å²) in [7, 11) is 1.22. The number of carbonyl (C=O) groups is 3. The maximum absolute atomic E-state index is 11.2. The molecule has 86 valence electrons. The van der Waals surface area contributed by atoms with E-state index in [2.05, 4.69) is 10.1 Å². The van der Waals surface area contributed by atoms with Crippen LogP contribution < -0.4 is 5.32 Å². The van der Waals surface area contributed by atoms with E-state index in [0.29, 0.717) is 0 Å². The second-order valence-corrected chi connectivity index (χ2v) is 3.55. The third-order valence-electron chi connectivity index (χ3n) is 1.77. The summed E-state index contributed by atoms with van der Waals surface area (Å²) in [5.41, 5.74) is -1.33. The van der Waals surface area contributed by atoms with Gasteiger partial charge in [0.1, 0.15) is 5.54 Å². The second-order valence-electron chi connectivity index (χ2n) is 3.55.